The molecule has 0 unspecified atom stereocenters. The smallest absolute Gasteiger partial charge is 0.317 e. The van der Waals surface area contributed by atoms with Gasteiger partial charge in [0.15, 0.2) is 5.82 Å². The number of thiophene rings is 1. The summed E-state index contributed by atoms with van der Waals surface area (Å²) >= 11 is 0.832. The Morgan fingerprint density at radius 1 is 1.48 bits per heavy atom. The molecule has 0 bridgehead atoms. The fraction of sp³-hybridized carbons (Fsp3) is 0.462. The van der Waals surface area contributed by atoms with Gasteiger partial charge in [-0.25, -0.2) is 4.68 Å². The summed E-state index contributed by atoms with van der Waals surface area (Å²) in [6.45, 7) is 1.87. The van der Waals surface area contributed by atoms with Crippen molar-refractivity contribution in [2.24, 2.45) is 7.05 Å². The first kappa shape index (κ1) is 15.6. The molecule has 0 aliphatic carbocycles. The molecule has 0 saturated carbocycles. The van der Waals surface area contributed by atoms with E-state index < -0.39 is 10.8 Å². The number of piperidine rings is 1. The SMILES string of the molecule is Cn1nc(C2CCNCC2)nc1NC(=O)c1ccc([N+](=O)[O-])s1. The predicted molar refractivity (Wildman–Crippen MR) is 84.8 cm³/mol. The molecule has 23 heavy (non-hydrogen) atoms. The number of aryl methyl sites for hydroxylation is 1. The van der Waals surface area contributed by atoms with E-state index in [4.69, 9.17) is 0 Å². The van der Waals surface area contributed by atoms with Gasteiger partial charge in [0.05, 0.1) is 9.80 Å². The molecule has 1 fully saturated rings. The van der Waals surface area contributed by atoms with Crippen LogP contribution in [-0.2, 0) is 7.05 Å². The third-order valence-electron chi connectivity index (χ3n) is 3.70. The lowest BCUT2D eigenvalue weighted by molar-refractivity contribution is -0.380. The van der Waals surface area contributed by atoms with Crippen LogP contribution in [0.5, 0.6) is 0 Å². The van der Waals surface area contributed by atoms with Crippen LogP contribution < -0.4 is 10.6 Å². The Kier molecular flexibility index (Phi) is 4.35. The Balaban J connectivity index is 1.72. The van der Waals surface area contributed by atoms with Crippen LogP contribution in [0.2, 0.25) is 0 Å². The number of nitrogens with zero attached hydrogens (tertiary/aromatic N) is 4. The van der Waals surface area contributed by atoms with Crippen LogP contribution >= 0.6 is 11.3 Å². The van der Waals surface area contributed by atoms with E-state index in [9.17, 15) is 14.9 Å². The predicted octanol–water partition coefficient (Wildman–Crippen LogP) is 1.50. The second-order valence-corrected chi connectivity index (χ2v) is 6.35. The van der Waals surface area contributed by atoms with Gasteiger partial charge in [-0.1, -0.05) is 11.3 Å². The van der Waals surface area contributed by atoms with Gasteiger partial charge in [-0.05, 0) is 32.0 Å². The molecular formula is C13H16N6O3S. The summed E-state index contributed by atoms with van der Waals surface area (Å²) in [5.74, 6) is 0.937. The third-order valence-corrected chi connectivity index (χ3v) is 4.74. The summed E-state index contributed by atoms with van der Waals surface area (Å²) in [7, 11) is 1.71. The van der Waals surface area contributed by atoms with E-state index in [1.54, 1.807) is 7.05 Å². The standard InChI is InChI=1S/C13H16N6O3S/c1-18-13(15-11(17-18)8-4-6-14-7-5-8)16-12(20)9-2-3-10(23-9)19(21)22/h2-3,8,14H,4-7H2,1H3,(H,15,16,17,20). The van der Waals surface area contributed by atoms with Crippen LogP contribution in [0.4, 0.5) is 10.9 Å². The van der Waals surface area contributed by atoms with E-state index in [-0.39, 0.29) is 15.8 Å². The summed E-state index contributed by atoms with van der Waals surface area (Å²) in [5.41, 5.74) is 0. The molecule has 1 amide bonds. The Hall–Kier alpha value is -2.33. The van der Waals surface area contributed by atoms with Gasteiger partial charge >= 0.3 is 5.00 Å². The highest BCUT2D eigenvalue weighted by Crippen LogP contribution is 2.26. The number of nitrogens with one attached hydrogen (secondary N) is 2. The molecule has 3 rings (SSSR count). The van der Waals surface area contributed by atoms with E-state index in [1.807, 2.05) is 0 Å². The molecule has 2 aromatic rings. The minimum atomic E-state index is -0.515. The van der Waals surface area contributed by atoms with Crippen molar-refractivity contribution in [3.63, 3.8) is 0 Å². The number of nitro groups is 1. The zero-order valence-electron chi connectivity index (χ0n) is 12.5. The minimum absolute atomic E-state index is 0.0662. The Morgan fingerprint density at radius 2 is 2.22 bits per heavy atom. The Bertz CT molecular complexity index is 734. The van der Waals surface area contributed by atoms with Crippen molar-refractivity contribution in [2.75, 3.05) is 18.4 Å². The summed E-state index contributed by atoms with van der Waals surface area (Å²) in [6, 6.07) is 2.75. The van der Waals surface area contributed by atoms with Crippen LogP contribution in [0, 0.1) is 10.1 Å². The van der Waals surface area contributed by atoms with Crippen LogP contribution in [0.15, 0.2) is 12.1 Å². The second-order valence-electron chi connectivity index (χ2n) is 5.29. The average molecular weight is 336 g/mol. The molecule has 3 heterocycles. The van der Waals surface area contributed by atoms with E-state index in [1.165, 1.54) is 16.8 Å². The first-order chi connectivity index (χ1) is 11.0. The number of amides is 1. The number of anilines is 1. The fourth-order valence-corrected chi connectivity index (χ4v) is 3.19. The highest BCUT2D eigenvalue weighted by atomic mass is 32.1. The van der Waals surface area contributed by atoms with E-state index >= 15 is 0 Å². The van der Waals surface area contributed by atoms with Gasteiger partial charge in [0.25, 0.3) is 5.91 Å². The van der Waals surface area contributed by atoms with Crippen LogP contribution in [-0.4, -0.2) is 38.7 Å². The Morgan fingerprint density at radius 3 is 2.87 bits per heavy atom. The van der Waals surface area contributed by atoms with E-state index in [0.29, 0.717) is 5.95 Å². The maximum atomic E-state index is 12.2. The molecule has 1 aliphatic rings. The van der Waals surface area contributed by atoms with Crippen LogP contribution in [0.1, 0.15) is 34.3 Å². The molecular weight excluding hydrogens is 320 g/mol. The van der Waals surface area contributed by atoms with Gasteiger partial charge in [0.1, 0.15) is 0 Å². The Labute approximate surface area is 135 Å². The largest absolute Gasteiger partial charge is 0.324 e. The van der Waals surface area contributed by atoms with Crippen LogP contribution in [0.25, 0.3) is 0 Å². The van der Waals surface area contributed by atoms with Gasteiger partial charge < -0.3 is 5.32 Å². The molecule has 2 aromatic heterocycles. The summed E-state index contributed by atoms with van der Waals surface area (Å²) in [5, 5.41) is 20.9. The topological polar surface area (TPSA) is 115 Å². The van der Waals surface area contributed by atoms with E-state index in [2.05, 4.69) is 20.7 Å². The zero-order valence-corrected chi connectivity index (χ0v) is 13.3. The van der Waals surface area contributed by atoms with Crippen molar-refractivity contribution in [3.8, 4) is 0 Å². The third kappa shape index (κ3) is 3.37. The molecule has 10 heteroatoms. The molecule has 9 nitrogen and oxygen atoms in total. The number of hydrogen-bond donors (Lipinski definition) is 2. The number of rotatable bonds is 4. The van der Waals surface area contributed by atoms with Crippen molar-refractivity contribution >= 4 is 28.2 Å². The summed E-state index contributed by atoms with van der Waals surface area (Å²) in [4.78, 5) is 27.0. The second kappa shape index (κ2) is 6.42. The quantitative estimate of drug-likeness (QED) is 0.646. The molecule has 0 aromatic carbocycles. The number of aromatic nitrogens is 3. The first-order valence-corrected chi connectivity index (χ1v) is 8.03. The molecule has 1 saturated heterocycles. The van der Waals surface area contributed by atoms with Gasteiger partial charge in [0.2, 0.25) is 5.95 Å². The van der Waals surface area contributed by atoms with Crippen molar-refractivity contribution in [1.82, 2.24) is 20.1 Å². The van der Waals surface area contributed by atoms with Crippen molar-refractivity contribution in [3.05, 3.63) is 32.9 Å². The van der Waals surface area contributed by atoms with Crippen molar-refractivity contribution < 1.29 is 9.72 Å². The lowest BCUT2D eigenvalue weighted by atomic mass is 9.98. The molecule has 1 aliphatic heterocycles. The molecule has 2 N–H and O–H groups in total. The fourth-order valence-electron chi connectivity index (χ4n) is 2.48. The highest BCUT2D eigenvalue weighted by molar-refractivity contribution is 7.17. The average Bonchev–Trinajstić information content (AvgIpc) is 3.16. The lowest BCUT2D eigenvalue weighted by Crippen LogP contribution is -2.27. The van der Waals surface area contributed by atoms with Crippen molar-refractivity contribution in [2.45, 2.75) is 18.8 Å². The van der Waals surface area contributed by atoms with E-state index in [0.717, 1.165) is 43.1 Å². The molecule has 122 valence electrons. The maximum absolute atomic E-state index is 12.2. The highest BCUT2D eigenvalue weighted by Gasteiger charge is 2.22. The normalized spacial score (nSPS) is 15.5. The van der Waals surface area contributed by atoms with Gasteiger partial charge in [-0.15, -0.1) is 0 Å². The van der Waals surface area contributed by atoms with Crippen LogP contribution in [0.3, 0.4) is 0 Å². The number of carbonyl (C=O) groups excluding carboxylic acids is 1. The van der Waals surface area contributed by atoms with Crippen molar-refractivity contribution in [1.29, 1.82) is 0 Å². The minimum Gasteiger partial charge on any atom is -0.317 e. The lowest BCUT2D eigenvalue weighted by Gasteiger charge is -2.19. The number of carbonyl (C=O) groups is 1. The maximum Gasteiger partial charge on any atom is 0.324 e. The summed E-state index contributed by atoms with van der Waals surface area (Å²) in [6.07, 6.45) is 1.93. The molecule has 0 spiro atoms. The van der Waals surface area contributed by atoms with Gasteiger partial charge in [0, 0.05) is 19.0 Å². The zero-order chi connectivity index (χ0) is 16.4. The summed E-state index contributed by atoms with van der Waals surface area (Å²) < 4.78 is 1.53. The monoisotopic (exact) mass is 336 g/mol. The van der Waals surface area contributed by atoms with Gasteiger partial charge in [-0.3, -0.25) is 20.2 Å². The first-order valence-electron chi connectivity index (χ1n) is 7.22. The number of hydrogen-bond acceptors (Lipinski definition) is 7. The van der Waals surface area contributed by atoms with Gasteiger partial charge in [-0.2, -0.15) is 10.1 Å². The molecule has 0 atom stereocenters. The molecule has 0 radical (unpaired) electrons.